The van der Waals surface area contributed by atoms with Gasteiger partial charge in [0, 0.05) is 31.6 Å². The topological polar surface area (TPSA) is 104 Å². The second kappa shape index (κ2) is 9.73. The van der Waals surface area contributed by atoms with Gasteiger partial charge >= 0.3 is 0 Å². The smallest absolute Gasteiger partial charge is 0.243 e. The van der Waals surface area contributed by atoms with Crippen molar-refractivity contribution in [3.8, 4) is 0 Å². The van der Waals surface area contributed by atoms with E-state index < -0.39 is 26.0 Å². The molecule has 0 bridgehead atoms. The van der Waals surface area contributed by atoms with Crippen LogP contribution in [0.15, 0.2) is 64.9 Å². The summed E-state index contributed by atoms with van der Waals surface area (Å²) in [5.41, 5.74) is 1.80. The summed E-state index contributed by atoms with van der Waals surface area (Å²) in [6, 6.07) is 15.5. The summed E-state index contributed by atoms with van der Waals surface area (Å²) in [5, 5.41) is 1.02. The van der Waals surface area contributed by atoms with Crippen molar-refractivity contribution in [3.63, 3.8) is 0 Å². The van der Waals surface area contributed by atoms with Crippen LogP contribution in [0, 0.1) is 6.92 Å². The Morgan fingerprint density at radius 3 is 2.16 bits per heavy atom. The molecule has 1 aliphatic rings. The monoisotopic (exact) mass is 463 g/mol. The van der Waals surface area contributed by atoms with E-state index >= 15 is 0 Å². The van der Waals surface area contributed by atoms with Gasteiger partial charge in [-0.2, -0.15) is 4.31 Å². The van der Waals surface area contributed by atoms with E-state index in [9.17, 15) is 21.6 Å². The van der Waals surface area contributed by atoms with E-state index in [0.29, 0.717) is 0 Å². The number of sulfonamides is 2. The largest absolute Gasteiger partial charge is 0.339 e. The lowest BCUT2D eigenvalue weighted by Crippen LogP contribution is -2.52. The maximum Gasteiger partial charge on any atom is 0.243 e. The zero-order valence-corrected chi connectivity index (χ0v) is 18.8. The fourth-order valence-electron chi connectivity index (χ4n) is 3.09. The maximum atomic E-state index is 12.7. The molecule has 1 aliphatic heterocycles. The molecule has 1 amide bonds. The van der Waals surface area contributed by atoms with Crippen molar-refractivity contribution < 1.29 is 21.6 Å². The summed E-state index contributed by atoms with van der Waals surface area (Å²) < 4.78 is 53.2. The fraction of sp³-hybridized carbons (Fsp3) is 0.286. The van der Waals surface area contributed by atoms with Gasteiger partial charge in [0.1, 0.15) is 0 Å². The number of hydrogen-bond donors (Lipinski definition) is 1. The molecule has 8 nitrogen and oxygen atoms in total. The minimum atomic E-state index is -3.78. The molecule has 10 heteroatoms. The molecule has 2 aromatic rings. The Hall–Kier alpha value is -2.53. The van der Waals surface area contributed by atoms with Gasteiger partial charge < -0.3 is 4.90 Å². The lowest BCUT2D eigenvalue weighted by molar-refractivity contribution is -0.131. The Morgan fingerprint density at radius 1 is 0.935 bits per heavy atom. The zero-order chi connectivity index (χ0) is 22.5. The molecule has 0 aromatic heterocycles. The molecule has 2 aromatic carbocycles. The van der Waals surface area contributed by atoms with Gasteiger partial charge in [-0.1, -0.05) is 48.0 Å². The number of nitrogens with one attached hydrogen (secondary N) is 1. The van der Waals surface area contributed by atoms with Gasteiger partial charge in [-0.25, -0.2) is 21.6 Å². The Labute approximate surface area is 183 Å². The van der Waals surface area contributed by atoms with E-state index in [4.69, 9.17) is 0 Å². The molecule has 31 heavy (non-hydrogen) atoms. The van der Waals surface area contributed by atoms with E-state index in [-0.39, 0.29) is 37.6 Å². The number of nitrogens with zero attached hydrogens (tertiary/aromatic N) is 2. The van der Waals surface area contributed by atoms with Crippen LogP contribution in [0.3, 0.4) is 0 Å². The van der Waals surface area contributed by atoms with Gasteiger partial charge in [0.15, 0.2) is 0 Å². The third kappa shape index (κ3) is 6.23. The van der Waals surface area contributed by atoms with Crippen LogP contribution in [0.4, 0.5) is 0 Å². The molecule has 1 fully saturated rings. The van der Waals surface area contributed by atoms with Crippen LogP contribution >= 0.6 is 0 Å². The summed E-state index contributed by atoms with van der Waals surface area (Å²) in [5.74, 6) is -0.399. The first kappa shape index (κ1) is 23.1. The predicted molar refractivity (Wildman–Crippen MR) is 119 cm³/mol. The number of amides is 1. The standard InChI is InChI=1S/C21H25N3O5S2/c1-18-7-9-19(10-8-18)11-16-30(26,27)22-17-21(25)23-12-14-24(15-13-23)31(28,29)20-5-3-2-4-6-20/h2-11,16,22H,12-15,17H2,1H3/b16-11+. The molecule has 0 saturated carbocycles. The SMILES string of the molecule is Cc1ccc(/C=C/S(=O)(=O)NCC(=O)N2CCN(S(=O)(=O)c3ccccc3)CC2)cc1. The summed E-state index contributed by atoms with van der Waals surface area (Å²) in [4.78, 5) is 14.1. The van der Waals surface area contributed by atoms with Crippen LogP contribution in [-0.4, -0.2) is 64.7 Å². The number of benzene rings is 2. The van der Waals surface area contributed by atoms with Gasteiger partial charge in [-0.15, -0.1) is 0 Å². The minimum Gasteiger partial charge on any atom is -0.339 e. The molecule has 1 heterocycles. The Balaban J connectivity index is 1.51. The predicted octanol–water partition coefficient (Wildman–Crippen LogP) is 1.42. The first-order valence-electron chi connectivity index (χ1n) is 9.75. The average molecular weight is 464 g/mol. The zero-order valence-electron chi connectivity index (χ0n) is 17.1. The van der Waals surface area contributed by atoms with Crippen LogP contribution in [-0.2, 0) is 24.8 Å². The Morgan fingerprint density at radius 2 is 1.55 bits per heavy atom. The highest BCUT2D eigenvalue weighted by Crippen LogP contribution is 2.17. The highest BCUT2D eigenvalue weighted by atomic mass is 32.2. The summed E-state index contributed by atoms with van der Waals surface area (Å²) in [7, 11) is -7.39. The third-order valence-electron chi connectivity index (χ3n) is 4.91. The van der Waals surface area contributed by atoms with Crippen LogP contribution in [0.25, 0.3) is 6.08 Å². The Bertz CT molecular complexity index is 1140. The number of rotatable bonds is 7. The van der Waals surface area contributed by atoms with Gasteiger partial charge in [-0.05, 0) is 30.7 Å². The molecule has 0 atom stereocenters. The summed E-state index contributed by atoms with van der Waals surface area (Å²) in [6.45, 7) is 2.27. The average Bonchev–Trinajstić information content (AvgIpc) is 2.78. The maximum absolute atomic E-state index is 12.7. The van der Waals surface area contributed by atoms with Crippen molar-refractivity contribution in [1.82, 2.24) is 13.9 Å². The number of carbonyl (C=O) groups excluding carboxylic acids is 1. The molecule has 1 saturated heterocycles. The number of piperazine rings is 1. The van der Waals surface area contributed by atoms with E-state index in [1.807, 2.05) is 19.1 Å². The summed E-state index contributed by atoms with van der Waals surface area (Å²) >= 11 is 0. The van der Waals surface area contributed by atoms with Crippen LogP contribution in [0.2, 0.25) is 0 Å². The lowest BCUT2D eigenvalue weighted by atomic mass is 10.2. The van der Waals surface area contributed by atoms with Crippen LogP contribution in [0.5, 0.6) is 0 Å². The van der Waals surface area contributed by atoms with Gasteiger partial charge in [0.2, 0.25) is 26.0 Å². The number of aryl methyl sites for hydroxylation is 1. The van der Waals surface area contributed by atoms with Crippen LogP contribution < -0.4 is 4.72 Å². The molecule has 1 N–H and O–H groups in total. The van der Waals surface area contributed by atoms with Crippen molar-refractivity contribution in [3.05, 3.63) is 71.1 Å². The van der Waals surface area contributed by atoms with Gasteiger partial charge in [-0.3, -0.25) is 4.79 Å². The molecule has 3 rings (SSSR count). The van der Waals surface area contributed by atoms with Crippen molar-refractivity contribution in [1.29, 1.82) is 0 Å². The molecule has 0 radical (unpaired) electrons. The third-order valence-corrected chi connectivity index (χ3v) is 7.87. The fourth-order valence-corrected chi connectivity index (χ4v) is 5.29. The molecule has 0 aliphatic carbocycles. The molecule has 0 spiro atoms. The van der Waals surface area contributed by atoms with Crippen LogP contribution in [0.1, 0.15) is 11.1 Å². The molecular weight excluding hydrogens is 438 g/mol. The van der Waals surface area contributed by atoms with E-state index in [1.165, 1.54) is 27.4 Å². The van der Waals surface area contributed by atoms with Gasteiger partial charge in [0.25, 0.3) is 0 Å². The highest BCUT2D eigenvalue weighted by molar-refractivity contribution is 7.92. The number of hydrogen-bond acceptors (Lipinski definition) is 5. The Kier molecular flexibility index (Phi) is 7.26. The summed E-state index contributed by atoms with van der Waals surface area (Å²) in [6.07, 6.45) is 1.46. The van der Waals surface area contributed by atoms with Crippen molar-refractivity contribution >= 4 is 32.0 Å². The van der Waals surface area contributed by atoms with Crippen molar-refractivity contribution in [2.45, 2.75) is 11.8 Å². The lowest BCUT2D eigenvalue weighted by Gasteiger charge is -2.34. The number of carbonyl (C=O) groups is 1. The molecule has 0 unspecified atom stereocenters. The minimum absolute atomic E-state index is 0.156. The normalized spacial score (nSPS) is 16.0. The van der Waals surface area contributed by atoms with E-state index in [2.05, 4.69) is 4.72 Å². The second-order valence-corrected chi connectivity index (χ2v) is 10.8. The van der Waals surface area contributed by atoms with Crippen molar-refractivity contribution in [2.24, 2.45) is 0 Å². The first-order valence-corrected chi connectivity index (χ1v) is 12.7. The van der Waals surface area contributed by atoms with E-state index in [1.54, 1.807) is 30.3 Å². The second-order valence-electron chi connectivity index (χ2n) is 7.18. The van der Waals surface area contributed by atoms with E-state index in [0.717, 1.165) is 16.5 Å². The van der Waals surface area contributed by atoms with Gasteiger partial charge in [0.05, 0.1) is 11.4 Å². The quantitative estimate of drug-likeness (QED) is 0.669. The van der Waals surface area contributed by atoms with Crippen molar-refractivity contribution in [2.75, 3.05) is 32.7 Å². The molecule has 166 valence electrons. The molecular formula is C21H25N3O5S2. The highest BCUT2D eigenvalue weighted by Gasteiger charge is 2.30. The first-order chi connectivity index (χ1) is 14.7.